The molecule has 26 heavy (non-hydrogen) atoms. The van der Waals surface area contributed by atoms with Crippen LogP contribution in [0.15, 0.2) is 18.5 Å². The molecule has 0 spiro atoms. The third-order valence-electron chi connectivity index (χ3n) is 5.03. The van der Waals surface area contributed by atoms with Gasteiger partial charge in [-0.05, 0) is 46.5 Å². The van der Waals surface area contributed by atoms with E-state index in [1.807, 2.05) is 36.3 Å². The number of rotatable bonds is 2. The molecule has 2 aromatic rings. The van der Waals surface area contributed by atoms with E-state index in [1.165, 1.54) is 0 Å². The summed E-state index contributed by atoms with van der Waals surface area (Å²) in [4.78, 5) is 23.2. The molecule has 0 saturated carbocycles. The van der Waals surface area contributed by atoms with Crippen LogP contribution >= 0.6 is 11.6 Å². The Bertz CT molecular complexity index is 817. The lowest BCUT2D eigenvalue weighted by Crippen LogP contribution is -2.51. The lowest BCUT2D eigenvalue weighted by molar-refractivity contribution is 0.00681. The Balaban J connectivity index is 1.49. The van der Waals surface area contributed by atoms with E-state index >= 15 is 0 Å². The van der Waals surface area contributed by atoms with Crippen LogP contribution in [0.1, 0.15) is 46.5 Å². The van der Waals surface area contributed by atoms with Crippen LogP contribution in [0, 0.1) is 0 Å². The van der Waals surface area contributed by atoms with Crippen LogP contribution in [0.5, 0.6) is 0 Å². The summed E-state index contributed by atoms with van der Waals surface area (Å²) in [5, 5.41) is 3.92. The molecule has 2 fully saturated rings. The number of anilines is 1. The monoisotopic (exact) mass is 377 g/mol. The van der Waals surface area contributed by atoms with Crippen LogP contribution in [0.25, 0.3) is 5.65 Å². The third-order valence-corrected chi connectivity index (χ3v) is 5.22. The van der Waals surface area contributed by atoms with Crippen LogP contribution in [0.2, 0.25) is 5.15 Å². The van der Waals surface area contributed by atoms with Gasteiger partial charge in [0.05, 0.1) is 0 Å². The molecular weight excluding hydrogens is 354 g/mol. The zero-order chi connectivity index (χ0) is 18.5. The highest BCUT2D eigenvalue weighted by atomic mass is 35.5. The Morgan fingerprint density at radius 2 is 2.00 bits per heavy atom. The van der Waals surface area contributed by atoms with Crippen molar-refractivity contribution in [2.75, 3.05) is 5.32 Å². The Hall–Kier alpha value is -2.02. The number of imidazole rings is 1. The van der Waals surface area contributed by atoms with Crippen molar-refractivity contribution in [1.82, 2.24) is 19.3 Å². The fourth-order valence-electron chi connectivity index (χ4n) is 4.09. The number of hydrogen-bond acceptors (Lipinski definition) is 5. The summed E-state index contributed by atoms with van der Waals surface area (Å²) in [5.41, 5.74) is 0.297. The molecule has 1 amide bonds. The first-order valence-corrected chi connectivity index (χ1v) is 9.45. The molecule has 0 unspecified atom stereocenters. The van der Waals surface area contributed by atoms with E-state index < -0.39 is 5.60 Å². The molecule has 2 bridgehead atoms. The number of fused-ring (bicyclic) bond motifs is 3. The van der Waals surface area contributed by atoms with Crippen molar-refractivity contribution in [2.45, 2.75) is 70.2 Å². The Kier molecular flexibility index (Phi) is 4.22. The number of hydrogen-bond donors (Lipinski definition) is 1. The van der Waals surface area contributed by atoms with Gasteiger partial charge in [0.1, 0.15) is 16.4 Å². The van der Waals surface area contributed by atoms with Gasteiger partial charge in [-0.15, -0.1) is 0 Å². The van der Waals surface area contributed by atoms with Crippen molar-refractivity contribution in [1.29, 1.82) is 0 Å². The molecule has 7 nitrogen and oxygen atoms in total. The van der Waals surface area contributed by atoms with Gasteiger partial charge >= 0.3 is 6.09 Å². The fraction of sp³-hybridized carbons (Fsp3) is 0.611. The van der Waals surface area contributed by atoms with E-state index in [0.717, 1.165) is 31.3 Å². The molecule has 2 saturated heterocycles. The van der Waals surface area contributed by atoms with Crippen LogP contribution < -0.4 is 5.32 Å². The number of ether oxygens (including phenoxy) is 1. The van der Waals surface area contributed by atoms with Gasteiger partial charge in [0, 0.05) is 36.6 Å². The normalized spacial score (nSPS) is 25.5. The predicted molar refractivity (Wildman–Crippen MR) is 99.5 cm³/mol. The largest absolute Gasteiger partial charge is 0.444 e. The molecular formula is C18H24ClN5O2. The van der Waals surface area contributed by atoms with Gasteiger partial charge in [-0.3, -0.25) is 4.40 Å². The Morgan fingerprint density at radius 3 is 2.65 bits per heavy atom. The summed E-state index contributed by atoms with van der Waals surface area (Å²) in [7, 11) is 0. The molecule has 2 aromatic heterocycles. The minimum absolute atomic E-state index is 0.193. The summed E-state index contributed by atoms with van der Waals surface area (Å²) in [5.74, 6) is 0.695. The van der Waals surface area contributed by atoms with Crippen molar-refractivity contribution in [3.05, 3.63) is 23.6 Å². The van der Waals surface area contributed by atoms with Crippen LogP contribution in [-0.2, 0) is 4.74 Å². The van der Waals surface area contributed by atoms with E-state index in [9.17, 15) is 4.79 Å². The fourth-order valence-corrected chi connectivity index (χ4v) is 4.26. The summed E-state index contributed by atoms with van der Waals surface area (Å²) in [6, 6.07) is 2.39. The number of halogens is 1. The first-order chi connectivity index (χ1) is 12.3. The number of amides is 1. The average molecular weight is 378 g/mol. The van der Waals surface area contributed by atoms with Crippen molar-refractivity contribution < 1.29 is 9.53 Å². The second-order valence-corrected chi connectivity index (χ2v) is 8.53. The molecule has 4 heterocycles. The number of piperidine rings is 1. The van der Waals surface area contributed by atoms with Crippen molar-refractivity contribution in [3.8, 4) is 0 Å². The van der Waals surface area contributed by atoms with Crippen LogP contribution in [0.4, 0.5) is 10.7 Å². The second kappa shape index (κ2) is 6.30. The van der Waals surface area contributed by atoms with Crippen LogP contribution in [0.3, 0.4) is 0 Å². The lowest BCUT2D eigenvalue weighted by atomic mass is 9.98. The standard InChI is InChI=1S/C18H24ClN5O2/c1-18(2,3)26-17(25)24-12-4-5-13(24)9-11(8-12)21-16-22-14(19)10-15-20-6-7-23(15)16/h6-7,10-13H,4-5,8-9H2,1-3H3,(H,21,22)/t11-,12-,13+. The summed E-state index contributed by atoms with van der Waals surface area (Å²) in [6.45, 7) is 5.72. The van der Waals surface area contributed by atoms with E-state index in [2.05, 4.69) is 15.3 Å². The molecule has 1 N–H and O–H groups in total. The maximum atomic E-state index is 12.6. The van der Waals surface area contributed by atoms with Crippen molar-refractivity contribution in [3.63, 3.8) is 0 Å². The van der Waals surface area contributed by atoms with Gasteiger partial charge in [0.15, 0.2) is 0 Å². The number of nitrogens with one attached hydrogen (secondary N) is 1. The Morgan fingerprint density at radius 1 is 1.31 bits per heavy atom. The highest BCUT2D eigenvalue weighted by Gasteiger charge is 2.45. The number of carbonyl (C=O) groups excluding carboxylic acids is 1. The van der Waals surface area contributed by atoms with Gasteiger partial charge in [0.25, 0.3) is 0 Å². The highest BCUT2D eigenvalue weighted by Crippen LogP contribution is 2.37. The smallest absolute Gasteiger partial charge is 0.410 e. The topological polar surface area (TPSA) is 71.8 Å². The van der Waals surface area contributed by atoms with Gasteiger partial charge in [0.2, 0.25) is 5.95 Å². The quantitative estimate of drug-likeness (QED) is 0.807. The summed E-state index contributed by atoms with van der Waals surface area (Å²) in [6.07, 6.45) is 7.19. The van der Waals surface area contributed by atoms with Gasteiger partial charge in [-0.2, -0.15) is 0 Å². The first-order valence-electron chi connectivity index (χ1n) is 9.07. The number of aromatic nitrogens is 3. The molecule has 8 heteroatoms. The number of carbonyl (C=O) groups is 1. The molecule has 2 aliphatic heterocycles. The van der Waals surface area contributed by atoms with E-state index in [4.69, 9.17) is 16.3 Å². The average Bonchev–Trinajstić information content (AvgIpc) is 3.08. The SMILES string of the molecule is CC(C)(C)OC(=O)N1[C@@H]2CC[C@H]1C[C@H](Nc1nc(Cl)cc3nccn13)C2. The zero-order valence-corrected chi connectivity index (χ0v) is 16.0. The predicted octanol–water partition coefficient (Wildman–Crippen LogP) is 3.73. The maximum absolute atomic E-state index is 12.6. The molecule has 0 aromatic carbocycles. The van der Waals surface area contributed by atoms with Crippen molar-refractivity contribution >= 4 is 29.3 Å². The van der Waals surface area contributed by atoms with E-state index in [-0.39, 0.29) is 24.2 Å². The van der Waals surface area contributed by atoms with Gasteiger partial charge in [-0.25, -0.2) is 14.8 Å². The van der Waals surface area contributed by atoms with E-state index in [0.29, 0.717) is 11.1 Å². The second-order valence-electron chi connectivity index (χ2n) is 8.14. The van der Waals surface area contributed by atoms with Crippen LogP contribution in [-0.4, -0.2) is 49.1 Å². The first kappa shape index (κ1) is 17.4. The molecule has 2 aliphatic rings. The third kappa shape index (κ3) is 3.32. The highest BCUT2D eigenvalue weighted by molar-refractivity contribution is 6.29. The van der Waals surface area contributed by atoms with Crippen molar-refractivity contribution in [2.24, 2.45) is 0 Å². The minimum atomic E-state index is -0.469. The molecule has 4 rings (SSSR count). The van der Waals surface area contributed by atoms with Gasteiger partial charge in [-0.1, -0.05) is 11.6 Å². The molecule has 3 atom stereocenters. The number of nitrogens with zero attached hydrogens (tertiary/aromatic N) is 4. The zero-order valence-electron chi connectivity index (χ0n) is 15.3. The lowest BCUT2D eigenvalue weighted by Gasteiger charge is -2.39. The molecule has 0 radical (unpaired) electrons. The van der Waals surface area contributed by atoms with Gasteiger partial charge < -0.3 is 15.0 Å². The Labute approximate surface area is 157 Å². The minimum Gasteiger partial charge on any atom is -0.444 e. The van der Waals surface area contributed by atoms with E-state index in [1.54, 1.807) is 12.3 Å². The molecule has 0 aliphatic carbocycles. The summed E-state index contributed by atoms with van der Waals surface area (Å²) >= 11 is 6.12. The molecule has 140 valence electrons. The summed E-state index contributed by atoms with van der Waals surface area (Å²) < 4.78 is 7.50. The maximum Gasteiger partial charge on any atom is 0.410 e.